The average molecular weight is 321 g/mol. The fourth-order valence-electron chi connectivity index (χ4n) is 3.47. The molecule has 2 unspecified atom stereocenters. The van der Waals surface area contributed by atoms with Crippen LogP contribution in [-0.4, -0.2) is 48.6 Å². The number of piperazine rings is 1. The molecule has 0 aromatic carbocycles. The minimum absolute atomic E-state index is 0.726. The molecular weight excluding hydrogens is 294 g/mol. The smallest absolute Gasteiger partial charge is 0.191 e. The van der Waals surface area contributed by atoms with Gasteiger partial charge in [-0.2, -0.15) is 0 Å². The van der Waals surface area contributed by atoms with Gasteiger partial charge in [0.25, 0.3) is 0 Å². The van der Waals surface area contributed by atoms with Crippen molar-refractivity contribution in [2.75, 3.05) is 37.6 Å². The van der Waals surface area contributed by atoms with E-state index in [1.165, 1.54) is 25.7 Å². The number of aliphatic imine (C=N–C) groups is 1. The van der Waals surface area contributed by atoms with Crippen LogP contribution in [0.2, 0.25) is 0 Å². The Morgan fingerprint density at radius 2 is 2.09 bits per heavy atom. The zero-order chi connectivity index (χ0) is 15.4. The van der Waals surface area contributed by atoms with Gasteiger partial charge in [0.15, 0.2) is 11.1 Å². The lowest BCUT2D eigenvalue weighted by molar-refractivity contribution is 0.262. The van der Waals surface area contributed by atoms with Crippen LogP contribution < -0.4 is 10.6 Å². The average Bonchev–Trinajstić information content (AvgIpc) is 3.08. The molecule has 2 aliphatic rings. The molecule has 0 spiro atoms. The Morgan fingerprint density at radius 1 is 1.32 bits per heavy atom. The molecule has 2 fully saturated rings. The fraction of sp³-hybridized carbons (Fsp3) is 0.750. The Hall–Kier alpha value is -1.30. The standard InChI is InChI=1S/C16H27N5S/c1-13-4-2-3-5-14(13)12-19-15(17)20-7-9-21(10-8-20)16-18-6-11-22-16/h6,11,13-14H,2-5,7-10,12H2,1H3,(H2,17,19). The van der Waals surface area contributed by atoms with Crippen LogP contribution in [0.15, 0.2) is 16.6 Å². The van der Waals surface area contributed by atoms with Crippen LogP contribution >= 0.6 is 11.3 Å². The largest absolute Gasteiger partial charge is 0.370 e. The first-order valence-corrected chi connectivity index (χ1v) is 9.31. The van der Waals surface area contributed by atoms with Crippen molar-refractivity contribution < 1.29 is 0 Å². The van der Waals surface area contributed by atoms with Crippen LogP contribution in [0.1, 0.15) is 32.6 Å². The van der Waals surface area contributed by atoms with Gasteiger partial charge in [0.05, 0.1) is 0 Å². The molecule has 2 N–H and O–H groups in total. The van der Waals surface area contributed by atoms with Crippen molar-refractivity contribution in [3.05, 3.63) is 11.6 Å². The predicted molar refractivity (Wildman–Crippen MR) is 93.5 cm³/mol. The lowest BCUT2D eigenvalue weighted by Gasteiger charge is -2.35. The van der Waals surface area contributed by atoms with Gasteiger partial charge in [-0.25, -0.2) is 4.98 Å². The highest BCUT2D eigenvalue weighted by Gasteiger charge is 2.22. The summed E-state index contributed by atoms with van der Waals surface area (Å²) in [6.07, 6.45) is 7.28. The van der Waals surface area contributed by atoms with Gasteiger partial charge in [0.1, 0.15) is 0 Å². The van der Waals surface area contributed by atoms with Crippen LogP contribution in [-0.2, 0) is 0 Å². The van der Waals surface area contributed by atoms with E-state index in [1.807, 2.05) is 11.6 Å². The van der Waals surface area contributed by atoms with Crippen LogP contribution in [0, 0.1) is 11.8 Å². The number of hydrogen-bond acceptors (Lipinski definition) is 4. The number of nitrogens with zero attached hydrogens (tertiary/aromatic N) is 4. The van der Waals surface area contributed by atoms with Crippen molar-refractivity contribution in [3.63, 3.8) is 0 Å². The van der Waals surface area contributed by atoms with E-state index in [4.69, 9.17) is 10.7 Å². The highest BCUT2D eigenvalue weighted by Crippen LogP contribution is 2.29. The summed E-state index contributed by atoms with van der Waals surface area (Å²) in [4.78, 5) is 13.6. The first-order valence-electron chi connectivity index (χ1n) is 8.43. The Labute approximate surface area is 137 Å². The van der Waals surface area contributed by atoms with Crippen LogP contribution in [0.3, 0.4) is 0 Å². The molecule has 122 valence electrons. The lowest BCUT2D eigenvalue weighted by Crippen LogP contribution is -2.51. The number of nitrogens with two attached hydrogens (primary N) is 1. The minimum Gasteiger partial charge on any atom is -0.370 e. The lowest BCUT2D eigenvalue weighted by atomic mass is 9.80. The van der Waals surface area contributed by atoms with E-state index >= 15 is 0 Å². The fourth-order valence-corrected chi connectivity index (χ4v) is 4.17. The number of thiazole rings is 1. The van der Waals surface area contributed by atoms with Gasteiger partial charge in [0, 0.05) is 44.3 Å². The highest BCUT2D eigenvalue weighted by atomic mass is 32.1. The summed E-state index contributed by atoms with van der Waals surface area (Å²) >= 11 is 1.70. The van der Waals surface area contributed by atoms with Crippen molar-refractivity contribution in [2.45, 2.75) is 32.6 Å². The molecule has 0 bridgehead atoms. The SMILES string of the molecule is CC1CCCCC1CN=C(N)N1CCN(c2nccs2)CC1. The molecule has 1 saturated carbocycles. The first kappa shape index (κ1) is 15.6. The van der Waals surface area contributed by atoms with Crippen LogP contribution in [0.25, 0.3) is 0 Å². The number of guanidine groups is 1. The van der Waals surface area contributed by atoms with Gasteiger partial charge in [-0.1, -0.05) is 26.2 Å². The molecule has 22 heavy (non-hydrogen) atoms. The van der Waals surface area contributed by atoms with E-state index in [2.05, 4.69) is 21.7 Å². The van der Waals surface area contributed by atoms with Crippen LogP contribution in [0.5, 0.6) is 0 Å². The summed E-state index contributed by atoms with van der Waals surface area (Å²) in [6.45, 7) is 7.10. The summed E-state index contributed by atoms with van der Waals surface area (Å²) in [5.74, 6) is 2.26. The summed E-state index contributed by atoms with van der Waals surface area (Å²) in [6, 6.07) is 0. The van der Waals surface area contributed by atoms with E-state index in [-0.39, 0.29) is 0 Å². The molecule has 2 atom stereocenters. The zero-order valence-electron chi connectivity index (χ0n) is 13.4. The topological polar surface area (TPSA) is 57.8 Å². The second-order valence-electron chi connectivity index (χ2n) is 6.51. The van der Waals surface area contributed by atoms with Gasteiger partial charge in [0.2, 0.25) is 0 Å². The maximum Gasteiger partial charge on any atom is 0.191 e. The Morgan fingerprint density at radius 3 is 2.77 bits per heavy atom. The van der Waals surface area contributed by atoms with E-state index < -0.39 is 0 Å². The molecule has 2 heterocycles. The minimum atomic E-state index is 0.726. The van der Waals surface area contributed by atoms with E-state index in [1.54, 1.807) is 11.3 Å². The van der Waals surface area contributed by atoms with E-state index in [9.17, 15) is 0 Å². The van der Waals surface area contributed by atoms with Gasteiger partial charge in [-0.05, 0) is 18.3 Å². The van der Waals surface area contributed by atoms with E-state index in [0.29, 0.717) is 0 Å². The molecule has 6 heteroatoms. The molecule has 1 aliphatic carbocycles. The molecule has 1 aromatic heterocycles. The summed E-state index contributed by atoms with van der Waals surface area (Å²) in [5, 5.41) is 3.15. The second-order valence-corrected chi connectivity index (χ2v) is 7.38. The molecule has 0 amide bonds. The molecule has 1 aromatic rings. The molecule has 0 radical (unpaired) electrons. The van der Waals surface area contributed by atoms with Crippen molar-refractivity contribution in [3.8, 4) is 0 Å². The highest BCUT2D eigenvalue weighted by molar-refractivity contribution is 7.13. The molecule has 1 saturated heterocycles. The molecule has 3 rings (SSSR count). The third-order valence-corrected chi connectivity index (χ3v) is 5.90. The van der Waals surface area contributed by atoms with E-state index in [0.717, 1.165) is 55.7 Å². The molecule has 5 nitrogen and oxygen atoms in total. The first-order chi connectivity index (χ1) is 10.7. The number of rotatable bonds is 3. The van der Waals surface area contributed by atoms with Crippen LogP contribution in [0.4, 0.5) is 5.13 Å². The van der Waals surface area contributed by atoms with Crippen molar-refractivity contribution in [1.82, 2.24) is 9.88 Å². The quantitative estimate of drug-likeness (QED) is 0.686. The monoisotopic (exact) mass is 321 g/mol. The predicted octanol–water partition coefficient (Wildman–Crippen LogP) is 2.41. The Balaban J connectivity index is 1.48. The Bertz CT molecular complexity index is 479. The maximum atomic E-state index is 6.22. The van der Waals surface area contributed by atoms with Crippen molar-refractivity contribution in [2.24, 2.45) is 22.6 Å². The molecular formula is C16H27N5S. The number of aromatic nitrogens is 1. The number of hydrogen-bond donors (Lipinski definition) is 1. The Kier molecular flexibility index (Phi) is 5.18. The maximum absolute atomic E-state index is 6.22. The normalized spacial score (nSPS) is 27.2. The molecule has 1 aliphatic heterocycles. The van der Waals surface area contributed by atoms with Gasteiger partial charge >= 0.3 is 0 Å². The van der Waals surface area contributed by atoms with Gasteiger partial charge in [-0.15, -0.1) is 11.3 Å². The van der Waals surface area contributed by atoms with Crippen molar-refractivity contribution >= 4 is 22.4 Å². The zero-order valence-corrected chi connectivity index (χ0v) is 14.3. The summed E-state index contributed by atoms with van der Waals surface area (Å²) in [5.41, 5.74) is 6.22. The third-order valence-electron chi connectivity index (χ3n) is 5.07. The number of anilines is 1. The third kappa shape index (κ3) is 3.72. The van der Waals surface area contributed by atoms with Gasteiger partial charge < -0.3 is 15.5 Å². The second kappa shape index (κ2) is 7.31. The summed E-state index contributed by atoms with van der Waals surface area (Å²) in [7, 11) is 0. The van der Waals surface area contributed by atoms with Gasteiger partial charge in [-0.3, -0.25) is 4.99 Å². The summed E-state index contributed by atoms with van der Waals surface area (Å²) < 4.78 is 0. The van der Waals surface area contributed by atoms with Crippen molar-refractivity contribution in [1.29, 1.82) is 0 Å².